The third-order valence-electron chi connectivity index (χ3n) is 3.48. The first-order chi connectivity index (χ1) is 11.4. The Morgan fingerprint density at radius 3 is 2.32 bits per heavy atom. The van der Waals surface area contributed by atoms with Gasteiger partial charge in [0.15, 0.2) is 0 Å². The minimum Gasteiger partial charge on any atom is -0.444 e. The Balaban J connectivity index is 2.88. The first-order valence-corrected chi connectivity index (χ1v) is 9.86. The highest BCUT2D eigenvalue weighted by Crippen LogP contribution is 2.11. The van der Waals surface area contributed by atoms with Crippen molar-refractivity contribution < 1.29 is 23.1 Å². The second kappa shape index (κ2) is 8.64. The number of likely N-dealkylation sites (N-methyl/N-ethyl adjacent to an activating group) is 1. The maximum Gasteiger partial charge on any atom is 0.407 e. The van der Waals surface area contributed by atoms with Crippen molar-refractivity contribution >= 4 is 16.1 Å². The molecule has 1 rings (SSSR count). The van der Waals surface area contributed by atoms with E-state index in [1.807, 2.05) is 30.3 Å². The predicted octanol–water partition coefficient (Wildman–Crippen LogP) is 1.37. The van der Waals surface area contributed by atoms with Crippen LogP contribution < -0.4 is 5.32 Å². The van der Waals surface area contributed by atoms with E-state index < -0.39 is 33.9 Å². The van der Waals surface area contributed by atoms with Crippen molar-refractivity contribution in [2.45, 2.75) is 44.9 Å². The monoisotopic (exact) mass is 372 g/mol. The molecule has 142 valence electrons. The van der Waals surface area contributed by atoms with Crippen molar-refractivity contribution in [3.63, 3.8) is 0 Å². The number of nitrogens with zero attached hydrogens (tertiary/aromatic N) is 1. The van der Waals surface area contributed by atoms with Crippen LogP contribution in [0.2, 0.25) is 0 Å². The third-order valence-corrected chi connectivity index (χ3v) is 4.76. The number of hydrogen-bond donors (Lipinski definition) is 2. The van der Waals surface area contributed by atoms with Gasteiger partial charge < -0.3 is 15.2 Å². The molecule has 2 N–H and O–H groups in total. The van der Waals surface area contributed by atoms with Gasteiger partial charge in [0.25, 0.3) is 0 Å². The molecule has 0 saturated heterocycles. The van der Waals surface area contributed by atoms with Crippen LogP contribution in [0.3, 0.4) is 0 Å². The first kappa shape index (κ1) is 21.4. The average molecular weight is 372 g/mol. The summed E-state index contributed by atoms with van der Waals surface area (Å²) < 4.78 is 29.4. The summed E-state index contributed by atoms with van der Waals surface area (Å²) >= 11 is 0. The van der Waals surface area contributed by atoms with Crippen molar-refractivity contribution in [1.82, 2.24) is 9.62 Å². The van der Waals surface area contributed by atoms with E-state index in [1.165, 1.54) is 7.05 Å². The average Bonchev–Trinajstić information content (AvgIpc) is 2.44. The zero-order valence-corrected chi connectivity index (χ0v) is 16.2. The number of benzene rings is 1. The summed E-state index contributed by atoms with van der Waals surface area (Å²) in [5.74, 6) is 0. The van der Waals surface area contributed by atoms with Crippen LogP contribution in [0.4, 0.5) is 4.79 Å². The Morgan fingerprint density at radius 1 is 1.28 bits per heavy atom. The number of nitrogens with one attached hydrogen (secondary N) is 1. The molecule has 1 aromatic carbocycles. The molecule has 0 aromatic heterocycles. The second-order valence-corrected chi connectivity index (χ2v) is 9.14. The summed E-state index contributed by atoms with van der Waals surface area (Å²) in [6, 6.07) is 8.63. The largest absolute Gasteiger partial charge is 0.444 e. The number of rotatable bonds is 7. The van der Waals surface area contributed by atoms with E-state index in [9.17, 15) is 18.3 Å². The van der Waals surface area contributed by atoms with Crippen LogP contribution in [0.15, 0.2) is 30.3 Å². The van der Waals surface area contributed by atoms with Crippen molar-refractivity contribution in [1.29, 1.82) is 0 Å². The molecule has 8 heteroatoms. The molecule has 0 fully saturated rings. The Morgan fingerprint density at radius 2 is 1.84 bits per heavy atom. The number of carbonyl (C=O) groups excluding carboxylic acids is 1. The van der Waals surface area contributed by atoms with Gasteiger partial charge in [-0.05, 0) is 32.8 Å². The Kier molecular flexibility index (Phi) is 7.40. The molecule has 0 heterocycles. The fraction of sp³-hybridized carbons (Fsp3) is 0.588. The molecule has 2 atom stereocenters. The Labute approximate surface area is 150 Å². The van der Waals surface area contributed by atoms with Gasteiger partial charge in [0.1, 0.15) is 5.60 Å². The smallest absolute Gasteiger partial charge is 0.407 e. The van der Waals surface area contributed by atoms with Gasteiger partial charge in [-0.25, -0.2) is 17.5 Å². The third kappa shape index (κ3) is 8.33. The van der Waals surface area contributed by atoms with Gasteiger partial charge in [-0.2, -0.15) is 0 Å². The number of sulfonamides is 1. The first-order valence-electron chi connectivity index (χ1n) is 8.01. The highest BCUT2D eigenvalue weighted by Gasteiger charge is 2.27. The molecule has 1 aromatic rings. The quantitative estimate of drug-likeness (QED) is 0.754. The highest BCUT2D eigenvalue weighted by molar-refractivity contribution is 7.88. The summed E-state index contributed by atoms with van der Waals surface area (Å²) in [5, 5.41) is 13.1. The van der Waals surface area contributed by atoms with Crippen LogP contribution in [0, 0.1) is 0 Å². The zero-order chi connectivity index (χ0) is 19.3. The summed E-state index contributed by atoms with van der Waals surface area (Å²) in [6.07, 6.45) is -0.339. The van der Waals surface area contributed by atoms with E-state index in [0.717, 1.165) is 16.1 Å². The molecule has 0 saturated carbocycles. The van der Waals surface area contributed by atoms with E-state index in [4.69, 9.17) is 4.74 Å². The molecule has 0 aliphatic heterocycles. The van der Waals surface area contributed by atoms with Crippen LogP contribution in [-0.4, -0.2) is 61.5 Å². The summed E-state index contributed by atoms with van der Waals surface area (Å²) in [6.45, 7) is 5.10. The molecule has 0 radical (unpaired) electrons. The van der Waals surface area contributed by atoms with E-state index >= 15 is 0 Å². The lowest BCUT2D eigenvalue weighted by Gasteiger charge is -2.28. The Bertz CT molecular complexity index is 655. The Hall–Kier alpha value is -1.64. The van der Waals surface area contributed by atoms with Crippen LogP contribution in [0.1, 0.15) is 26.3 Å². The van der Waals surface area contributed by atoms with Gasteiger partial charge in [-0.1, -0.05) is 30.3 Å². The molecule has 25 heavy (non-hydrogen) atoms. The number of ether oxygens (including phenoxy) is 1. The minimum atomic E-state index is -3.43. The topological polar surface area (TPSA) is 95.9 Å². The molecule has 0 aliphatic rings. The highest BCUT2D eigenvalue weighted by atomic mass is 32.2. The molecule has 0 spiro atoms. The minimum absolute atomic E-state index is 0.133. The van der Waals surface area contributed by atoms with Crippen molar-refractivity contribution in [3.8, 4) is 0 Å². The number of carbonyl (C=O) groups is 1. The lowest BCUT2D eigenvalue weighted by Crippen LogP contribution is -2.50. The van der Waals surface area contributed by atoms with Crippen molar-refractivity contribution in [2.75, 3.05) is 19.8 Å². The number of aliphatic hydroxyl groups excluding tert-OH is 1. The summed E-state index contributed by atoms with van der Waals surface area (Å²) in [7, 11) is -2.05. The van der Waals surface area contributed by atoms with Gasteiger partial charge in [0.05, 0.1) is 18.4 Å². The summed E-state index contributed by atoms with van der Waals surface area (Å²) in [5.41, 5.74) is 0.236. The van der Waals surface area contributed by atoms with Gasteiger partial charge in [-0.15, -0.1) is 0 Å². The molecule has 0 aliphatic carbocycles. The zero-order valence-electron chi connectivity index (χ0n) is 15.4. The molecule has 0 unspecified atom stereocenters. The van der Waals surface area contributed by atoms with E-state index in [1.54, 1.807) is 20.8 Å². The number of amides is 1. The summed E-state index contributed by atoms with van der Waals surface area (Å²) in [4.78, 5) is 12.1. The maximum absolute atomic E-state index is 12.1. The normalized spacial score (nSPS) is 14.8. The van der Waals surface area contributed by atoms with E-state index in [0.29, 0.717) is 6.42 Å². The molecule has 7 nitrogen and oxygen atoms in total. The van der Waals surface area contributed by atoms with Crippen molar-refractivity contribution in [2.24, 2.45) is 0 Å². The van der Waals surface area contributed by atoms with Crippen LogP contribution in [0.5, 0.6) is 0 Å². The standard InChI is InChI=1S/C17H28N2O5S/c1-17(2,3)24-16(21)18-14(11-13-9-7-6-8-10-13)15(20)12-19(4)25(5,22)23/h6-10,14-15,20H,11-12H2,1-5H3,(H,18,21)/t14-,15-/m1/s1. The second-order valence-electron chi connectivity index (χ2n) is 7.05. The van der Waals surface area contributed by atoms with Crippen LogP contribution >= 0.6 is 0 Å². The molecular weight excluding hydrogens is 344 g/mol. The van der Waals surface area contributed by atoms with Gasteiger partial charge in [0, 0.05) is 13.6 Å². The van der Waals surface area contributed by atoms with Crippen LogP contribution in [-0.2, 0) is 21.2 Å². The molecular formula is C17H28N2O5S. The SMILES string of the molecule is CN(C[C@@H](O)[C@@H](Cc1ccccc1)NC(=O)OC(C)(C)C)S(C)(=O)=O. The molecule has 0 bridgehead atoms. The van der Waals surface area contributed by atoms with Crippen LogP contribution in [0.25, 0.3) is 0 Å². The predicted molar refractivity (Wildman–Crippen MR) is 96.8 cm³/mol. The molecule has 1 amide bonds. The number of hydrogen-bond acceptors (Lipinski definition) is 5. The fourth-order valence-corrected chi connectivity index (χ4v) is 2.56. The van der Waals surface area contributed by atoms with Gasteiger partial charge in [0.2, 0.25) is 10.0 Å². The van der Waals surface area contributed by atoms with E-state index in [-0.39, 0.29) is 6.54 Å². The van der Waals surface area contributed by atoms with Gasteiger partial charge in [-0.3, -0.25) is 0 Å². The maximum atomic E-state index is 12.1. The number of aliphatic hydroxyl groups is 1. The lowest BCUT2D eigenvalue weighted by atomic mass is 10.0. The van der Waals surface area contributed by atoms with Gasteiger partial charge >= 0.3 is 6.09 Å². The number of alkyl carbamates (subject to hydrolysis) is 1. The lowest BCUT2D eigenvalue weighted by molar-refractivity contribution is 0.0408. The van der Waals surface area contributed by atoms with Crippen molar-refractivity contribution in [3.05, 3.63) is 35.9 Å². The van der Waals surface area contributed by atoms with E-state index in [2.05, 4.69) is 5.32 Å². The fourth-order valence-electron chi connectivity index (χ4n) is 2.14.